The van der Waals surface area contributed by atoms with Gasteiger partial charge in [-0.25, -0.2) is 0 Å². The van der Waals surface area contributed by atoms with E-state index in [-0.39, 0.29) is 6.04 Å². The molecule has 3 atom stereocenters. The van der Waals surface area contributed by atoms with Crippen molar-refractivity contribution in [2.75, 3.05) is 13.2 Å². The number of hydrogen-bond donors (Lipinski definition) is 1. The van der Waals surface area contributed by atoms with Crippen molar-refractivity contribution in [1.82, 2.24) is 19.8 Å². The maximum atomic E-state index is 6.26. The molecule has 2 N–H and O–H groups in total. The molecule has 1 aliphatic carbocycles. The monoisotopic (exact) mass is 293 g/mol. The third kappa shape index (κ3) is 2.04. The van der Waals surface area contributed by atoms with Crippen molar-refractivity contribution >= 4 is 16.3 Å². The first-order valence-electron chi connectivity index (χ1n) is 7.38. The molecule has 2 fully saturated rings. The molecule has 3 unspecified atom stereocenters. The first kappa shape index (κ1) is 12.7. The van der Waals surface area contributed by atoms with Gasteiger partial charge in [0, 0.05) is 24.5 Å². The molecule has 6 nitrogen and oxygen atoms in total. The quantitative estimate of drug-likeness (QED) is 0.911. The zero-order valence-electron chi connectivity index (χ0n) is 11.4. The molecule has 1 saturated heterocycles. The highest BCUT2D eigenvalue weighted by Crippen LogP contribution is 2.35. The lowest BCUT2D eigenvalue weighted by molar-refractivity contribution is 0.193. The molecule has 4 rings (SSSR count). The van der Waals surface area contributed by atoms with Crippen LogP contribution >= 0.6 is 11.3 Å². The van der Waals surface area contributed by atoms with E-state index < -0.39 is 0 Å². The first-order valence-corrected chi connectivity index (χ1v) is 8.20. The van der Waals surface area contributed by atoms with E-state index in [2.05, 4.69) is 10.2 Å². The summed E-state index contributed by atoms with van der Waals surface area (Å²) in [6, 6.07) is 0.242. The molecule has 2 aliphatic rings. The van der Waals surface area contributed by atoms with Gasteiger partial charge in [-0.3, -0.25) is 0 Å². The Morgan fingerprint density at radius 2 is 2.10 bits per heavy atom. The lowest BCUT2D eigenvalue weighted by Crippen LogP contribution is -2.31. The van der Waals surface area contributed by atoms with Crippen LogP contribution in [0.15, 0.2) is 0 Å². The predicted octanol–water partition coefficient (Wildman–Crippen LogP) is 1.67. The fourth-order valence-electron chi connectivity index (χ4n) is 3.26. The first-order chi connectivity index (χ1) is 9.83. The second-order valence-electron chi connectivity index (χ2n) is 5.81. The highest BCUT2D eigenvalue weighted by Gasteiger charge is 2.29. The Labute approximate surface area is 121 Å². The summed E-state index contributed by atoms with van der Waals surface area (Å²) >= 11 is 1.64. The van der Waals surface area contributed by atoms with Crippen LogP contribution in [0.5, 0.6) is 0 Å². The molecule has 108 valence electrons. The number of nitrogens with zero attached hydrogens (tertiary/aromatic N) is 4. The van der Waals surface area contributed by atoms with Gasteiger partial charge in [0.15, 0.2) is 5.82 Å². The minimum Gasteiger partial charge on any atom is -0.381 e. The molecule has 2 aromatic heterocycles. The summed E-state index contributed by atoms with van der Waals surface area (Å²) in [5, 5.41) is 14.5. The van der Waals surface area contributed by atoms with Gasteiger partial charge in [-0.1, -0.05) is 24.2 Å². The average molecular weight is 293 g/mol. The van der Waals surface area contributed by atoms with Crippen LogP contribution in [-0.2, 0) is 4.74 Å². The summed E-state index contributed by atoms with van der Waals surface area (Å²) < 4.78 is 7.36. The molecule has 2 aromatic rings. The van der Waals surface area contributed by atoms with E-state index in [4.69, 9.17) is 15.6 Å². The smallest absolute Gasteiger partial charge is 0.234 e. The third-order valence-corrected chi connectivity index (χ3v) is 5.49. The molecule has 7 heteroatoms. The van der Waals surface area contributed by atoms with Crippen molar-refractivity contribution < 1.29 is 4.74 Å². The molecule has 1 aliphatic heterocycles. The van der Waals surface area contributed by atoms with Crippen molar-refractivity contribution in [3.8, 4) is 0 Å². The second-order valence-corrected chi connectivity index (χ2v) is 6.80. The van der Waals surface area contributed by atoms with Crippen LogP contribution < -0.4 is 5.73 Å². The van der Waals surface area contributed by atoms with Gasteiger partial charge < -0.3 is 10.5 Å². The minimum atomic E-state index is 0.242. The third-order valence-electron chi connectivity index (χ3n) is 4.46. The van der Waals surface area contributed by atoms with Gasteiger partial charge in [-0.2, -0.15) is 9.61 Å². The summed E-state index contributed by atoms with van der Waals surface area (Å²) in [5.41, 5.74) is 6.26. The van der Waals surface area contributed by atoms with Gasteiger partial charge in [0.05, 0.1) is 6.61 Å². The number of hydrogen-bond acceptors (Lipinski definition) is 6. The molecule has 1 saturated carbocycles. The second kappa shape index (κ2) is 5.05. The Kier molecular flexibility index (Phi) is 3.20. The topological polar surface area (TPSA) is 78.3 Å². The van der Waals surface area contributed by atoms with Crippen molar-refractivity contribution in [2.45, 2.75) is 50.0 Å². The zero-order chi connectivity index (χ0) is 13.5. The summed E-state index contributed by atoms with van der Waals surface area (Å²) in [6.45, 7) is 1.54. The SMILES string of the molecule is NC1CCCCC1c1nn2c(C3CCOC3)nnc2s1. The Morgan fingerprint density at radius 1 is 1.20 bits per heavy atom. The molecule has 20 heavy (non-hydrogen) atoms. The maximum absolute atomic E-state index is 6.26. The predicted molar refractivity (Wildman–Crippen MR) is 76.0 cm³/mol. The van der Waals surface area contributed by atoms with Gasteiger partial charge in [-0.05, 0) is 19.3 Å². The fourth-order valence-corrected chi connectivity index (χ4v) is 4.31. The highest BCUT2D eigenvalue weighted by atomic mass is 32.1. The fraction of sp³-hybridized carbons (Fsp3) is 0.769. The normalized spacial score (nSPS) is 31.1. The number of rotatable bonds is 2. The summed E-state index contributed by atoms with van der Waals surface area (Å²) in [4.78, 5) is 0.889. The molecule has 0 spiro atoms. The Bertz CT molecular complexity index is 603. The Balaban J connectivity index is 1.68. The molecule has 0 radical (unpaired) electrons. The average Bonchev–Trinajstić information content (AvgIpc) is 3.14. The van der Waals surface area contributed by atoms with Gasteiger partial charge >= 0.3 is 0 Å². The molecule has 3 heterocycles. The van der Waals surface area contributed by atoms with Crippen LogP contribution in [0.25, 0.3) is 4.96 Å². The van der Waals surface area contributed by atoms with E-state index in [1.165, 1.54) is 12.8 Å². The van der Waals surface area contributed by atoms with E-state index in [0.717, 1.165) is 48.3 Å². The van der Waals surface area contributed by atoms with Gasteiger partial charge in [0.2, 0.25) is 4.96 Å². The zero-order valence-corrected chi connectivity index (χ0v) is 12.2. The molecule has 0 bridgehead atoms. The number of nitrogens with two attached hydrogens (primary N) is 1. The van der Waals surface area contributed by atoms with Crippen molar-refractivity contribution in [1.29, 1.82) is 0 Å². The number of ether oxygens (including phenoxy) is 1. The number of aromatic nitrogens is 4. The van der Waals surface area contributed by atoms with Crippen LogP contribution in [-0.4, -0.2) is 39.1 Å². The molecular formula is C13H19N5OS. The summed E-state index contributed by atoms with van der Waals surface area (Å²) in [5.74, 6) is 1.67. The van der Waals surface area contributed by atoms with E-state index in [0.29, 0.717) is 11.8 Å². The van der Waals surface area contributed by atoms with Crippen LogP contribution in [0, 0.1) is 0 Å². The van der Waals surface area contributed by atoms with Crippen LogP contribution in [0.4, 0.5) is 0 Å². The lowest BCUT2D eigenvalue weighted by Gasteiger charge is -2.26. The Morgan fingerprint density at radius 3 is 2.90 bits per heavy atom. The summed E-state index contributed by atoms with van der Waals surface area (Å²) in [6.07, 6.45) is 5.76. The molecule has 0 aromatic carbocycles. The van der Waals surface area contributed by atoms with E-state index >= 15 is 0 Å². The van der Waals surface area contributed by atoms with Gasteiger partial charge in [0.1, 0.15) is 5.01 Å². The van der Waals surface area contributed by atoms with Crippen LogP contribution in [0.1, 0.15) is 54.8 Å². The van der Waals surface area contributed by atoms with Crippen molar-refractivity contribution in [2.24, 2.45) is 5.73 Å². The molecular weight excluding hydrogens is 274 g/mol. The standard InChI is InChI=1S/C13H19N5OS/c14-10-4-2-1-3-9(10)12-17-18-11(8-5-6-19-7-8)15-16-13(18)20-12/h8-10H,1-7,14H2. The van der Waals surface area contributed by atoms with Crippen molar-refractivity contribution in [3.05, 3.63) is 10.8 Å². The number of fused-ring (bicyclic) bond motifs is 1. The largest absolute Gasteiger partial charge is 0.381 e. The van der Waals surface area contributed by atoms with Crippen LogP contribution in [0.3, 0.4) is 0 Å². The Hall–Kier alpha value is -1.05. The minimum absolute atomic E-state index is 0.242. The van der Waals surface area contributed by atoms with E-state index in [1.807, 2.05) is 4.52 Å². The van der Waals surface area contributed by atoms with Crippen molar-refractivity contribution in [3.63, 3.8) is 0 Å². The molecule has 0 amide bonds. The van der Waals surface area contributed by atoms with Gasteiger partial charge in [-0.15, -0.1) is 10.2 Å². The van der Waals surface area contributed by atoms with Crippen LogP contribution in [0.2, 0.25) is 0 Å². The van der Waals surface area contributed by atoms with E-state index in [9.17, 15) is 0 Å². The lowest BCUT2D eigenvalue weighted by atomic mass is 9.86. The van der Waals surface area contributed by atoms with Gasteiger partial charge in [0.25, 0.3) is 0 Å². The highest BCUT2D eigenvalue weighted by molar-refractivity contribution is 7.16. The van der Waals surface area contributed by atoms with E-state index in [1.54, 1.807) is 11.3 Å². The summed E-state index contributed by atoms with van der Waals surface area (Å²) in [7, 11) is 0. The maximum Gasteiger partial charge on any atom is 0.234 e.